The Balaban J connectivity index is 2.61. The van der Waals surface area contributed by atoms with E-state index in [1.807, 2.05) is 25.3 Å². The van der Waals surface area contributed by atoms with E-state index >= 15 is 0 Å². The topological polar surface area (TPSA) is 47.6 Å². The highest BCUT2D eigenvalue weighted by atomic mass is 32.1. The second-order valence-corrected chi connectivity index (χ2v) is 4.45. The molecule has 0 radical (unpaired) electrons. The number of hydrogen-bond donors (Lipinski definition) is 1. The third-order valence-corrected chi connectivity index (χ3v) is 3.32. The van der Waals surface area contributed by atoms with Gasteiger partial charge in [0.15, 0.2) is 6.29 Å². The third kappa shape index (κ3) is 3.04. The van der Waals surface area contributed by atoms with Gasteiger partial charge >= 0.3 is 0 Å². The monoisotopic (exact) mass is 243 g/mol. The van der Waals surface area contributed by atoms with Crippen molar-refractivity contribution in [1.82, 2.24) is 5.32 Å². The van der Waals surface area contributed by atoms with E-state index in [0.29, 0.717) is 0 Å². The minimum absolute atomic E-state index is 0.0842. The van der Waals surface area contributed by atoms with Gasteiger partial charge in [0, 0.05) is 14.2 Å². The molecule has 1 heterocycles. The second kappa shape index (κ2) is 5.98. The molecule has 0 aromatic carbocycles. The van der Waals surface area contributed by atoms with Crippen LogP contribution in [0.15, 0.2) is 11.4 Å². The van der Waals surface area contributed by atoms with Crippen LogP contribution in [0.5, 0.6) is 0 Å². The van der Waals surface area contributed by atoms with Crippen LogP contribution in [0.1, 0.15) is 22.2 Å². The van der Waals surface area contributed by atoms with Crippen molar-refractivity contribution in [3.05, 3.63) is 21.9 Å². The molecule has 1 unspecified atom stereocenters. The predicted octanol–water partition coefficient (Wildman–Crippen LogP) is 1.79. The third-order valence-electron chi connectivity index (χ3n) is 2.30. The average molecular weight is 243 g/mol. The van der Waals surface area contributed by atoms with E-state index < -0.39 is 6.29 Å². The molecule has 4 nitrogen and oxygen atoms in total. The molecule has 90 valence electrons. The van der Waals surface area contributed by atoms with Gasteiger partial charge in [-0.15, -0.1) is 11.3 Å². The van der Waals surface area contributed by atoms with Crippen LogP contribution in [-0.2, 0) is 9.47 Å². The van der Waals surface area contributed by atoms with Gasteiger partial charge in [0.05, 0.1) is 10.9 Å². The zero-order valence-corrected chi connectivity index (χ0v) is 10.8. The van der Waals surface area contributed by atoms with E-state index in [9.17, 15) is 4.79 Å². The van der Waals surface area contributed by atoms with Gasteiger partial charge in [-0.25, -0.2) is 0 Å². The van der Waals surface area contributed by atoms with Crippen molar-refractivity contribution in [2.75, 3.05) is 14.2 Å². The summed E-state index contributed by atoms with van der Waals surface area (Å²) in [5.74, 6) is -0.0842. The van der Waals surface area contributed by atoms with Gasteiger partial charge in [-0.05, 0) is 30.9 Å². The molecule has 0 bridgehead atoms. The fraction of sp³-hybridized carbons (Fsp3) is 0.545. The van der Waals surface area contributed by atoms with Crippen LogP contribution >= 0.6 is 11.3 Å². The first kappa shape index (κ1) is 13.2. The lowest BCUT2D eigenvalue weighted by atomic mass is 10.2. The van der Waals surface area contributed by atoms with Crippen molar-refractivity contribution in [1.29, 1.82) is 0 Å². The highest BCUT2D eigenvalue weighted by Gasteiger charge is 2.20. The van der Waals surface area contributed by atoms with E-state index in [2.05, 4.69) is 5.32 Å². The number of nitrogens with one attached hydrogen (secondary N) is 1. The highest BCUT2D eigenvalue weighted by molar-refractivity contribution is 7.12. The summed E-state index contributed by atoms with van der Waals surface area (Å²) in [6.45, 7) is 3.76. The fourth-order valence-electron chi connectivity index (χ4n) is 1.45. The first-order valence-electron chi connectivity index (χ1n) is 5.00. The van der Waals surface area contributed by atoms with Crippen molar-refractivity contribution in [3.63, 3.8) is 0 Å². The molecule has 0 spiro atoms. The number of ether oxygens (including phenoxy) is 2. The van der Waals surface area contributed by atoms with Crippen molar-refractivity contribution in [3.8, 4) is 0 Å². The van der Waals surface area contributed by atoms with E-state index in [4.69, 9.17) is 9.47 Å². The van der Waals surface area contributed by atoms with Gasteiger partial charge in [0.25, 0.3) is 5.91 Å². The number of methoxy groups -OCH3 is 2. The van der Waals surface area contributed by atoms with Gasteiger partial charge in [-0.2, -0.15) is 0 Å². The summed E-state index contributed by atoms with van der Waals surface area (Å²) in [5, 5.41) is 4.75. The fourth-order valence-corrected chi connectivity index (χ4v) is 2.28. The molecule has 1 atom stereocenters. The van der Waals surface area contributed by atoms with Crippen molar-refractivity contribution in [2.45, 2.75) is 26.2 Å². The number of hydrogen-bond acceptors (Lipinski definition) is 4. The lowest BCUT2D eigenvalue weighted by molar-refractivity contribution is -0.117. The molecule has 5 heteroatoms. The van der Waals surface area contributed by atoms with Gasteiger partial charge in [-0.3, -0.25) is 4.79 Å². The number of carbonyl (C=O) groups is 1. The number of thiophene rings is 1. The number of carbonyl (C=O) groups excluding carboxylic acids is 1. The van der Waals surface area contributed by atoms with Crippen LogP contribution < -0.4 is 5.32 Å². The number of aryl methyl sites for hydroxylation is 1. The molecule has 1 aromatic rings. The van der Waals surface area contributed by atoms with Gasteiger partial charge in [-0.1, -0.05) is 0 Å². The minimum Gasteiger partial charge on any atom is -0.354 e. The Labute approximate surface area is 99.6 Å². The molecule has 16 heavy (non-hydrogen) atoms. The quantitative estimate of drug-likeness (QED) is 0.802. The van der Waals surface area contributed by atoms with Gasteiger partial charge in [0.1, 0.15) is 0 Å². The predicted molar refractivity (Wildman–Crippen MR) is 63.8 cm³/mol. The lowest BCUT2D eigenvalue weighted by Gasteiger charge is -2.21. The molecule has 0 aliphatic heterocycles. The molecule has 1 rings (SSSR count). The molecule has 0 aliphatic carbocycles. The number of amides is 1. The molecule has 0 fully saturated rings. The van der Waals surface area contributed by atoms with Crippen molar-refractivity contribution in [2.24, 2.45) is 0 Å². The maximum Gasteiger partial charge on any atom is 0.262 e. The minimum atomic E-state index is -0.427. The Hall–Kier alpha value is -0.910. The van der Waals surface area contributed by atoms with Crippen LogP contribution in [0.3, 0.4) is 0 Å². The normalized spacial score (nSPS) is 12.8. The summed E-state index contributed by atoms with van der Waals surface area (Å²) in [5.41, 5.74) is 0.987. The maximum atomic E-state index is 11.9. The van der Waals surface area contributed by atoms with E-state index in [1.165, 1.54) is 11.3 Å². The molecule has 0 saturated heterocycles. The summed E-state index contributed by atoms with van der Waals surface area (Å²) >= 11 is 1.43. The molecule has 1 N–H and O–H groups in total. The Kier molecular flexibility index (Phi) is 4.92. The standard InChI is InChI=1S/C11H17NO3S/c1-7-5-6-16-9(7)10(13)12-8(2)11(14-3)15-4/h5-6,8,11H,1-4H3,(H,12,13). The molecule has 1 aromatic heterocycles. The largest absolute Gasteiger partial charge is 0.354 e. The average Bonchev–Trinajstić information content (AvgIpc) is 2.66. The lowest BCUT2D eigenvalue weighted by Crippen LogP contribution is -2.42. The van der Waals surface area contributed by atoms with Crippen LogP contribution in [0.2, 0.25) is 0 Å². The summed E-state index contributed by atoms with van der Waals surface area (Å²) in [6.07, 6.45) is -0.427. The summed E-state index contributed by atoms with van der Waals surface area (Å²) in [4.78, 5) is 12.6. The van der Waals surface area contributed by atoms with Crippen molar-refractivity contribution >= 4 is 17.2 Å². The number of rotatable bonds is 5. The molecular formula is C11H17NO3S. The second-order valence-electron chi connectivity index (χ2n) is 3.53. The van der Waals surface area contributed by atoms with E-state index in [0.717, 1.165) is 10.4 Å². The molecule has 1 amide bonds. The molecule has 0 saturated carbocycles. The Morgan fingerprint density at radius 1 is 1.44 bits per heavy atom. The van der Waals surface area contributed by atoms with Crippen LogP contribution in [-0.4, -0.2) is 32.5 Å². The molecular weight excluding hydrogens is 226 g/mol. The van der Waals surface area contributed by atoms with Gasteiger partial charge < -0.3 is 14.8 Å². The highest BCUT2D eigenvalue weighted by Crippen LogP contribution is 2.15. The van der Waals surface area contributed by atoms with Crippen LogP contribution in [0.25, 0.3) is 0 Å². The summed E-state index contributed by atoms with van der Waals surface area (Å²) in [7, 11) is 3.10. The summed E-state index contributed by atoms with van der Waals surface area (Å²) < 4.78 is 10.2. The zero-order valence-electron chi connectivity index (χ0n) is 9.94. The van der Waals surface area contributed by atoms with Crippen LogP contribution in [0.4, 0.5) is 0 Å². The Morgan fingerprint density at radius 3 is 2.50 bits per heavy atom. The SMILES string of the molecule is COC(OC)C(C)NC(=O)c1sccc1C. The zero-order chi connectivity index (χ0) is 12.1. The van der Waals surface area contributed by atoms with Crippen LogP contribution in [0, 0.1) is 6.92 Å². The Morgan fingerprint density at radius 2 is 2.06 bits per heavy atom. The van der Waals surface area contributed by atoms with E-state index in [-0.39, 0.29) is 11.9 Å². The van der Waals surface area contributed by atoms with Gasteiger partial charge in [0.2, 0.25) is 0 Å². The smallest absolute Gasteiger partial charge is 0.262 e. The maximum absolute atomic E-state index is 11.9. The Bertz CT molecular complexity index is 347. The first-order valence-corrected chi connectivity index (χ1v) is 5.88. The first-order chi connectivity index (χ1) is 7.60. The molecule has 0 aliphatic rings. The van der Waals surface area contributed by atoms with E-state index in [1.54, 1.807) is 14.2 Å². The van der Waals surface area contributed by atoms with Crippen molar-refractivity contribution < 1.29 is 14.3 Å². The summed E-state index contributed by atoms with van der Waals surface area (Å²) in [6, 6.07) is 1.73.